The van der Waals surface area contributed by atoms with Crippen LogP contribution in [0.4, 0.5) is 4.39 Å². The predicted octanol–water partition coefficient (Wildman–Crippen LogP) is 2.17. The van der Waals surface area contributed by atoms with Crippen LogP contribution in [0.15, 0.2) is 47.4 Å². The molecule has 2 aromatic rings. The lowest BCUT2D eigenvalue weighted by molar-refractivity contribution is 0.525. The van der Waals surface area contributed by atoms with Gasteiger partial charge in [0.15, 0.2) is 19.7 Å². The fourth-order valence-corrected chi connectivity index (χ4v) is 8.04. The highest BCUT2D eigenvalue weighted by molar-refractivity contribution is 7.96. The summed E-state index contributed by atoms with van der Waals surface area (Å²) < 4.78 is 63.8. The van der Waals surface area contributed by atoms with Gasteiger partial charge in [-0.15, -0.1) is 0 Å². The molecule has 0 aromatic heterocycles. The van der Waals surface area contributed by atoms with Crippen molar-refractivity contribution < 1.29 is 21.2 Å². The first-order chi connectivity index (χ1) is 12.6. The molecule has 3 rings (SSSR count). The van der Waals surface area contributed by atoms with Crippen LogP contribution in [0.2, 0.25) is 0 Å². The predicted molar refractivity (Wildman–Crippen MR) is 103 cm³/mol. The molecule has 146 valence electrons. The van der Waals surface area contributed by atoms with Gasteiger partial charge in [0.2, 0.25) is 0 Å². The number of halogens is 1. The van der Waals surface area contributed by atoms with Gasteiger partial charge >= 0.3 is 0 Å². The van der Waals surface area contributed by atoms with E-state index in [1.54, 1.807) is 0 Å². The van der Waals surface area contributed by atoms with Crippen LogP contribution in [0.5, 0.6) is 0 Å². The number of hydrogen-bond donors (Lipinski definition) is 1. The first-order valence-electron chi connectivity index (χ1n) is 8.58. The van der Waals surface area contributed by atoms with Gasteiger partial charge < -0.3 is 5.32 Å². The minimum atomic E-state index is -3.92. The smallest absolute Gasteiger partial charge is 0.183 e. The van der Waals surface area contributed by atoms with Crippen molar-refractivity contribution in [3.63, 3.8) is 0 Å². The average Bonchev–Trinajstić information content (AvgIpc) is 2.92. The summed E-state index contributed by atoms with van der Waals surface area (Å²) >= 11 is 0. The molecule has 5 nitrogen and oxygen atoms in total. The summed E-state index contributed by atoms with van der Waals surface area (Å²) in [6, 6.07) is 10.5. The second kappa shape index (κ2) is 7.33. The Hall–Kier alpha value is -1.77. The van der Waals surface area contributed by atoms with Crippen LogP contribution in [-0.4, -0.2) is 39.6 Å². The van der Waals surface area contributed by atoms with E-state index in [1.807, 2.05) is 31.2 Å². The number of benzene rings is 2. The summed E-state index contributed by atoms with van der Waals surface area (Å²) in [5, 5.41) is 1.99. The third kappa shape index (κ3) is 4.39. The fourth-order valence-electron chi connectivity index (χ4n) is 3.24. The Morgan fingerprint density at radius 3 is 2.37 bits per heavy atom. The zero-order valence-corrected chi connectivity index (χ0v) is 16.8. The summed E-state index contributed by atoms with van der Waals surface area (Å²) in [5.41, 5.74) is 2.26. The summed E-state index contributed by atoms with van der Waals surface area (Å²) in [7, 11) is -7.40. The lowest BCUT2D eigenvalue weighted by Gasteiger charge is -2.20. The third-order valence-electron chi connectivity index (χ3n) is 4.85. The second-order valence-corrected chi connectivity index (χ2v) is 11.4. The highest BCUT2D eigenvalue weighted by Crippen LogP contribution is 2.27. The van der Waals surface area contributed by atoms with E-state index in [9.17, 15) is 21.2 Å². The van der Waals surface area contributed by atoms with Crippen LogP contribution < -0.4 is 5.32 Å². The van der Waals surface area contributed by atoms with Gasteiger partial charge in [0.1, 0.15) is 5.82 Å². The van der Waals surface area contributed by atoms with Crippen molar-refractivity contribution >= 4 is 19.7 Å². The summed E-state index contributed by atoms with van der Waals surface area (Å²) in [5.74, 6) is -1.16. The summed E-state index contributed by atoms with van der Waals surface area (Å²) in [4.78, 5) is -0.0503. The van der Waals surface area contributed by atoms with Crippen LogP contribution >= 0.6 is 0 Å². The molecule has 2 unspecified atom stereocenters. The molecule has 0 radical (unpaired) electrons. The molecule has 2 atom stereocenters. The van der Waals surface area contributed by atoms with E-state index < -0.39 is 42.5 Å². The zero-order chi connectivity index (χ0) is 19.8. The Morgan fingerprint density at radius 1 is 1.07 bits per heavy atom. The monoisotopic (exact) mass is 411 g/mol. The van der Waals surface area contributed by atoms with E-state index in [4.69, 9.17) is 0 Å². The minimum Gasteiger partial charge on any atom is -0.308 e. The lowest BCUT2D eigenvalue weighted by atomic mass is 10.1. The van der Waals surface area contributed by atoms with Crippen LogP contribution in [-0.2, 0) is 26.2 Å². The fraction of sp³-hybridized carbons (Fsp3) is 0.368. The van der Waals surface area contributed by atoms with E-state index >= 15 is 0 Å². The molecule has 0 spiro atoms. The van der Waals surface area contributed by atoms with E-state index in [0.717, 1.165) is 17.2 Å². The number of nitrogens with one attached hydrogen (secondary N) is 1. The standard InChI is InChI=1S/C19H22FNO4S2/c1-13-3-5-15(6-4-13)10-21-18-11-26(22,23)12-19(18)27(24,25)16-7-8-17(20)14(2)9-16/h3-9,18-19,21H,10-12H2,1-2H3. The van der Waals surface area contributed by atoms with Crippen molar-refractivity contribution in [2.24, 2.45) is 0 Å². The highest BCUT2D eigenvalue weighted by Gasteiger charge is 2.45. The molecule has 1 fully saturated rings. The van der Waals surface area contributed by atoms with Crippen LogP contribution in [0.3, 0.4) is 0 Å². The zero-order valence-electron chi connectivity index (χ0n) is 15.1. The molecule has 0 amide bonds. The molecule has 0 saturated carbocycles. The van der Waals surface area contributed by atoms with Gasteiger partial charge in [0.05, 0.1) is 21.7 Å². The molecule has 2 aromatic carbocycles. The Kier molecular flexibility index (Phi) is 5.42. The molecule has 1 N–H and O–H groups in total. The molecule has 1 heterocycles. The number of rotatable bonds is 5. The summed E-state index contributed by atoms with van der Waals surface area (Å²) in [6.45, 7) is 3.82. The van der Waals surface area contributed by atoms with Crippen molar-refractivity contribution in [1.82, 2.24) is 5.32 Å². The summed E-state index contributed by atoms with van der Waals surface area (Å²) in [6.07, 6.45) is 0. The van der Waals surface area contributed by atoms with E-state index in [1.165, 1.54) is 19.1 Å². The van der Waals surface area contributed by atoms with Crippen LogP contribution in [0.25, 0.3) is 0 Å². The molecule has 8 heteroatoms. The molecule has 1 aliphatic rings. The van der Waals surface area contributed by atoms with E-state index in [0.29, 0.717) is 6.54 Å². The number of sulfone groups is 2. The van der Waals surface area contributed by atoms with Crippen molar-refractivity contribution in [1.29, 1.82) is 0 Å². The lowest BCUT2D eigenvalue weighted by Crippen LogP contribution is -2.43. The van der Waals surface area contributed by atoms with Gasteiger partial charge in [-0.05, 0) is 43.2 Å². The first kappa shape index (κ1) is 20.0. The maximum absolute atomic E-state index is 13.5. The van der Waals surface area contributed by atoms with Crippen molar-refractivity contribution in [2.45, 2.75) is 36.6 Å². The molecule has 0 aliphatic carbocycles. The second-order valence-electron chi connectivity index (χ2n) is 7.04. The van der Waals surface area contributed by atoms with Gasteiger partial charge in [-0.2, -0.15) is 0 Å². The van der Waals surface area contributed by atoms with E-state index in [-0.39, 0.29) is 16.2 Å². The molecule has 0 bridgehead atoms. The van der Waals surface area contributed by atoms with Crippen molar-refractivity contribution in [2.75, 3.05) is 11.5 Å². The van der Waals surface area contributed by atoms with Crippen molar-refractivity contribution in [3.8, 4) is 0 Å². The first-order valence-corrected chi connectivity index (χ1v) is 11.9. The van der Waals surface area contributed by atoms with E-state index in [2.05, 4.69) is 5.32 Å². The van der Waals surface area contributed by atoms with Gasteiger partial charge in [0.25, 0.3) is 0 Å². The maximum Gasteiger partial charge on any atom is 0.183 e. The SMILES string of the molecule is Cc1ccc(CNC2CS(=O)(=O)CC2S(=O)(=O)c2ccc(F)c(C)c2)cc1. The average molecular weight is 412 g/mol. The van der Waals surface area contributed by atoms with Crippen LogP contribution in [0, 0.1) is 19.7 Å². The third-order valence-corrected chi connectivity index (χ3v) is 8.99. The van der Waals surface area contributed by atoms with Crippen LogP contribution in [0.1, 0.15) is 16.7 Å². The highest BCUT2D eigenvalue weighted by atomic mass is 32.2. The molecular formula is C19H22FNO4S2. The Morgan fingerprint density at radius 2 is 1.74 bits per heavy atom. The Balaban J connectivity index is 1.86. The normalized spacial score (nSPS) is 22.0. The van der Waals surface area contributed by atoms with Gasteiger partial charge in [-0.25, -0.2) is 21.2 Å². The maximum atomic E-state index is 13.5. The van der Waals surface area contributed by atoms with Gasteiger partial charge in [-0.3, -0.25) is 0 Å². The van der Waals surface area contributed by atoms with Gasteiger partial charge in [-0.1, -0.05) is 29.8 Å². The molecular weight excluding hydrogens is 389 g/mol. The quantitative estimate of drug-likeness (QED) is 0.763. The van der Waals surface area contributed by atoms with Gasteiger partial charge in [0, 0.05) is 12.6 Å². The molecule has 27 heavy (non-hydrogen) atoms. The largest absolute Gasteiger partial charge is 0.308 e. The number of hydrogen-bond acceptors (Lipinski definition) is 5. The molecule has 1 saturated heterocycles. The number of aryl methyl sites for hydroxylation is 2. The Labute approximate surface area is 159 Å². The van der Waals surface area contributed by atoms with Crippen molar-refractivity contribution in [3.05, 3.63) is 65.0 Å². The minimum absolute atomic E-state index is 0.0503. The topological polar surface area (TPSA) is 80.3 Å². The Bertz CT molecular complexity index is 1050. The molecule has 1 aliphatic heterocycles.